The van der Waals surface area contributed by atoms with Gasteiger partial charge in [-0.1, -0.05) is 198 Å². The van der Waals surface area contributed by atoms with Gasteiger partial charge in [-0.2, -0.15) is 0 Å². The predicted molar refractivity (Wildman–Crippen MR) is 270 cm³/mol. The van der Waals surface area contributed by atoms with E-state index in [2.05, 4.69) is 239 Å². The molecule has 1 atom stereocenters. The van der Waals surface area contributed by atoms with Gasteiger partial charge in [0.1, 0.15) is 0 Å². The maximum atomic E-state index is 4.83. The summed E-state index contributed by atoms with van der Waals surface area (Å²) < 4.78 is 0. The zero-order valence-corrected chi connectivity index (χ0v) is 36.9. The van der Waals surface area contributed by atoms with E-state index < -0.39 is 0 Å². The Morgan fingerprint density at radius 2 is 0.828 bits per heavy atom. The van der Waals surface area contributed by atoms with Gasteiger partial charge in [0.2, 0.25) is 0 Å². The van der Waals surface area contributed by atoms with Crippen molar-refractivity contribution in [3.8, 4) is 55.6 Å². The second-order valence-electron chi connectivity index (χ2n) is 19.0. The van der Waals surface area contributed by atoms with Crippen LogP contribution in [0.2, 0.25) is 0 Å². The van der Waals surface area contributed by atoms with E-state index in [0.29, 0.717) is 0 Å². The maximum absolute atomic E-state index is 4.83. The van der Waals surface area contributed by atoms with Crippen LogP contribution in [0.5, 0.6) is 0 Å². The quantitative estimate of drug-likeness (QED) is 0.162. The molecule has 0 spiro atoms. The maximum Gasteiger partial charge on any atom is 0.0473 e. The van der Waals surface area contributed by atoms with Crippen LogP contribution in [0.1, 0.15) is 72.6 Å². The number of benzene rings is 9. The minimum atomic E-state index is -0.252. The van der Waals surface area contributed by atoms with Crippen molar-refractivity contribution in [3.05, 3.63) is 252 Å². The van der Waals surface area contributed by atoms with E-state index in [-0.39, 0.29) is 16.7 Å². The van der Waals surface area contributed by atoms with Crippen LogP contribution in [0.4, 0.5) is 17.1 Å². The largest absolute Gasteiger partial charge is 0.310 e. The lowest BCUT2D eigenvalue weighted by Crippen LogP contribution is -2.18. The van der Waals surface area contributed by atoms with Gasteiger partial charge in [0.25, 0.3) is 0 Å². The van der Waals surface area contributed by atoms with Gasteiger partial charge in [0.15, 0.2) is 0 Å². The van der Waals surface area contributed by atoms with Crippen LogP contribution in [0.15, 0.2) is 213 Å². The van der Waals surface area contributed by atoms with Crippen molar-refractivity contribution >= 4 is 22.6 Å². The Morgan fingerprint density at radius 3 is 1.50 bits per heavy atom. The van der Waals surface area contributed by atoms with Crippen molar-refractivity contribution in [3.63, 3.8) is 0 Å². The second-order valence-corrected chi connectivity index (χ2v) is 19.0. The monoisotopic (exact) mass is 819 g/mol. The summed E-state index contributed by atoms with van der Waals surface area (Å²) in [5.74, 6) is 0.0370. The number of allylic oxidation sites excluding steroid dienone is 1. The number of fused-ring (bicyclic) bond motifs is 9. The normalized spacial score (nSPS) is 15.6. The highest BCUT2D eigenvalue weighted by Gasteiger charge is 2.41. The molecule has 9 aromatic rings. The van der Waals surface area contributed by atoms with E-state index in [1.807, 2.05) is 0 Å². The first-order chi connectivity index (χ1) is 31.2. The molecule has 0 bridgehead atoms. The topological polar surface area (TPSA) is 3.24 Å². The zero-order valence-electron chi connectivity index (χ0n) is 36.9. The van der Waals surface area contributed by atoms with Crippen LogP contribution in [0, 0.1) is 0 Å². The highest BCUT2D eigenvalue weighted by atomic mass is 15.1. The summed E-state index contributed by atoms with van der Waals surface area (Å²) >= 11 is 0. The molecule has 1 unspecified atom stereocenters. The Hall–Kier alpha value is -7.48. The molecule has 0 heterocycles. The lowest BCUT2D eigenvalue weighted by atomic mass is 9.71. The first-order valence-corrected chi connectivity index (χ1v) is 22.6. The summed E-state index contributed by atoms with van der Waals surface area (Å²) in [5.41, 5.74) is 26.1. The predicted octanol–water partition coefficient (Wildman–Crippen LogP) is 16.9. The summed E-state index contributed by atoms with van der Waals surface area (Å²) in [6, 6.07) is 76.8. The van der Waals surface area contributed by atoms with Gasteiger partial charge in [0, 0.05) is 33.8 Å². The van der Waals surface area contributed by atoms with Gasteiger partial charge < -0.3 is 4.90 Å². The first kappa shape index (κ1) is 38.2. The van der Waals surface area contributed by atoms with E-state index in [1.165, 1.54) is 94.6 Å². The Bertz CT molecular complexity index is 3290. The lowest BCUT2D eigenvalue weighted by Gasteiger charge is -2.32. The summed E-state index contributed by atoms with van der Waals surface area (Å²) in [7, 11) is 0. The Kier molecular flexibility index (Phi) is 8.52. The van der Waals surface area contributed by atoms with E-state index in [0.717, 1.165) is 22.6 Å². The molecular weight excluding hydrogens is 771 g/mol. The molecule has 0 aromatic heterocycles. The van der Waals surface area contributed by atoms with Crippen molar-refractivity contribution in [1.82, 2.24) is 0 Å². The molecule has 1 heteroatoms. The molecule has 3 aliphatic carbocycles. The highest BCUT2D eigenvalue weighted by Crippen LogP contribution is 2.58. The van der Waals surface area contributed by atoms with E-state index >= 15 is 0 Å². The average molecular weight is 820 g/mol. The molecule has 0 amide bonds. The Labute approximate surface area is 377 Å². The van der Waals surface area contributed by atoms with E-state index in [4.69, 9.17) is 6.58 Å². The molecule has 0 radical (unpaired) electrons. The van der Waals surface area contributed by atoms with Gasteiger partial charge in [-0.05, 0) is 143 Å². The Morgan fingerprint density at radius 1 is 0.344 bits per heavy atom. The lowest BCUT2D eigenvalue weighted by molar-refractivity contribution is 0.659. The molecule has 3 aliphatic rings. The van der Waals surface area contributed by atoms with Crippen LogP contribution >= 0.6 is 0 Å². The van der Waals surface area contributed by atoms with Crippen molar-refractivity contribution in [1.29, 1.82) is 0 Å². The third-order valence-electron chi connectivity index (χ3n) is 14.7. The van der Waals surface area contributed by atoms with Crippen LogP contribution < -0.4 is 4.90 Å². The van der Waals surface area contributed by atoms with Crippen LogP contribution in [0.3, 0.4) is 0 Å². The number of hydrogen-bond acceptors (Lipinski definition) is 1. The van der Waals surface area contributed by atoms with Gasteiger partial charge in [-0.3, -0.25) is 0 Å². The van der Waals surface area contributed by atoms with Gasteiger partial charge >= 0.3 is 0 Å². The molecule has 0 fully saturated rings. The minimum absolute atomic E-state index is 0.0370. The fourth-order valence-electron chi connectivity index (χ4n) is 11.5. The standard InChI is InChI=1S/C63H49N/c1-40-48-23-12-13-24-49(48)50-25-14-15-27-53(50)60(40)55-28-18-30-57-61(55)54-34-32-46(39-59(54)63(57,4)5)64(45-31-33-52-51-26-16-17-29-56(51)62(2,3)58(52)38-45)47-36-43(41-19-8-6-9-20-41)35-44(37-47)42-21-10-7-11-22-42/h6-39,60H,1H2,2-5H3. The molecular formula is C63H49N. The third kappa shape index (κ3) is 5.70. The fourth-order valence-corrected chi connectivity index (χ4v) is 11.5. The Balaban J connectivity index is 1.07. The molecule has 1 nitrogen and oxygen atoms in total. The van der Waals surface area contributed by atoms with Crippen molar-refractivity contribution in [2.45, 2.75) is 44.4 Å². The third-order valence-corrected chi connectivity index (χ3v) is 14.7. The number of rotatable bonds is 6. The summed E-state index contributed by atoms with van der Waals surface area (Å²) in [6.45, 7) is 14.4. The molecule has 0 aliphatic heterocycles. The van der Waals surface area contributed by atoms with E-state index in [1.54, 1.807) is 0 Å². The van der Waals surface area contributed by atoms with Crippen molar-refractivity contribution < 1.29 is 0 Å². The summed E-state index contributed by atoms with van der Waals surface area (Å²) in [4.78, 5) is 2.51. The SMILES string of the molecule is C=C1c2ccccc2-c2ccccc2C1c1cccc2c1-c1ccc(N(c3cc(-c4ccccc4)cc(-c4ccccc4)c3)c3ccc4c(c3)C(C)(C)c3ccccc3-4)cc1C2(C)C. The zero-order chi connectivity index (χ0) is 43.3. The van der Waals surface area contributed by atoms with E-state index in [9.17, 15) is 0 Å². The highest BCUT2D eigenvalue weighted by molar-refractivity contribution is 5.96. The smallest absolute Gasteiger partial charge is 0.0473 e. The average Bonchev–Trinajstić information content (AvgIpc) is 3.71. The van der Waals surface area contributed by atoms with Crippen LogP contribution in [-0.2, 0) is 10.8 Å². The molecule has 0 N–H and O–H groups in total. The second kappa shape index (κ2) is 14.3. The number of anilines is 3. The molecule has 12 rings (SSSR count). The molecule has 9 aromatic carbocycles. The van der Waals surface area contributed by atoms with Crippen molar-refractivity contribution in [2.24, 2.45) is 0 Å². The molecule has 64 heavy (non-hydrogen) atoms. The minimum Gasteiger partial charge on any atom is -0.310 e. The molecule has 0 saturated heterocycles. The van der Waals surface area contributed by atoms with Gasteiger partial charge in [-0.15, -0.1) is 0 Å². The van der Waals surface area contributed by atoms with Gasteiger partial charge in [-0.25, -0.2) is 0 Å². The van der Waals surface area contributed by atoms with Crippen molar-refractivity contribution in [2.75, 3.05) is 4.90 Å². The fraction of sp³-hybridized carbons (Fsp3) is 0.111. The molecule has 306 valence electrons. The first-order valence-electron chi connectivity index (χ1n) is 22.6. The summed E-state index contributed by atoms with van der Waals surface area (Å²) in [6.07, 6.45) is 0. The number of hydrogen-bond donors (Lipinski definition) is 0. The number of nitrogens with zero attached hydrogens (tertiary/aromatic N) is 1. The van der Waals surface area contributed by atoms with Crippen LogP contribution in [0.25, 0.3) is 61.2 Å². The van der Waals surface area contributed by atoms with Crippen LogP contribution in [-0.4, -0.2) is 0 Å². The van der Waals surface area contributed by atoms with Gasteiger partial charge in [0.05, 0.1) is 0 Å². The summed E-state index contributed by atoms with van der Waals surface area (Å²) in [5, 5.41) is 0. The molecule has 0 saturated carbocycles.